The maximum absolute atomic E-state index is 12.2. The van der Waals surface area contributed by atoms with Crippen LogP contribution in [0.1, 0.15) is 29.5 Å². The van der Waals surface area contributed by atoms with Gasteiger partial charge in [0.15, 0.2) is 0 Å². The van der Waals surface area contributed by atoms with Gasteiger partial charge < -0.3 is 10.0 Å². The molecule has 1 amide bonds. The molecule has 0 aliphatic carbocycles. The molecule has 1 heterocycles. The van der Waals surface area contributed by atoms with Crippen LogP contribution in [0.4, 0.5) is 0 Å². The van der Waals surface area contributed by atoms with E-state index >= 15 is 0 Å². The van der Waals surface area contributed by atoms with Gasteiger partial charge in [-0.1, -0.05) is 18.2 Å². The zero-order valence-electron chi connectivity index (χ0n) is 11.1. The number of aliphatic hydroxyl groups is 1. The third-order valence-electron chi connectivity index (χ3n) is 3.83. The fourth-order valence-electron chi connectivity index (χ4n) is 2.54. The molecular weight excluding hydrogens is 226 g/mol. The topological polar surface area (TPSA) is 40.5 Å². The third-order valence-corrected chi connectivity index (χ3v) is 3.83. The summed E-state index contributed by atoms with van der Waals surface area (Å²) in [7, 11) is 0. The molecule has 3 heteroatoms. The summed E-state index contributed by atoms with van der Waals surface area (Å²) in [6.07, 6.45) is 2.37. The Bertz CT molecular complexity index is 442. The molecule has 0 aromatic heterocycles. The van der Waals surface area contributed by atoms with E-state index in [0.717, 1.165) is 24.9 Å². The van der Waals surface area contributed by atoms with Gasteiger partial charge in [-0.25, -0.2) is 0 Å². The lowest BCUT2D eigenvalue weighted by Gasteiger charge is -2.23. The molecule has 0 bridgehead atoms. The van der Waals surface area contributed by atoms with Crippen LogP contribution in [0, 0.1) is 13.8 Å². The molecule has 0 saturated carbocycles. The molecule has 2 rings (SSSR count). The standard InChI is InChI=1S/C15H21NO2/c1-11-5-6-13(8-12(11)2)9-15(18)16-7-3-4-14(16)10-17/h5-6,8,14,17H,3-4,7,9-10H2,1-2H3/t14-/m0/s1. The molecular formula is C15H21NO2. The van der Waals surface area contributed by atoms with E-state index in [1.165, 1.54) is 11.1 Å². The third kappa shape index (κ3) is 2.72. The van der Waals surface area contributed by atoms with Crippen LogP contribution in [-0.2, 0) is 11.2 Å². The van der Waals surface area contributed by atoms with Gasteiger partial charge in [0.05, 0.1) is 19.1 Å². The summed E-state index contributed by atoms with van der Waals surface area (Å²) >= 11 is 0. The minimum absolute atomic E-state index is 0.0315. The molecule has 1 atom stereocenters. The predicted octanol–water partition coefficient (Wildman–Crippen LogP) is 1.83. The van der Waals surface area contributed by atoms with E-state index in [1.807, 2.05) is 11.0 Å². The minimum atomic E-state index is 0.0315. The zero-order chi connectivity index (χ0) is 13.1. The summed E-state index contributed by atoms with van der Waals surface area (Å²) in [5.41, 5.74) is 3.53. The molecule has 1 saturated heterocycles. The van der Waals surface area contributed by atoms with Crippen molar-refractivity contribution in [2.75, 3.05) is 13.2 Å². The number of benzene rings is 1. The Morgan fingerprint density at radius 3 is 2.83 bits per heavy atom. The number of aliphatic hydroxyl groups excluding tert-OH is 1. The molecule has 1 aliphatic heterocycles. The molecule has 0 radical (unpaired) electrons. The van der Waals surface area contributed by atoms with E-state index < -0.39 is 0 Å². The van der Waals surface area contributed by atoms with E-state index in [0.29, 0.717) is 6.42 Å². The van der Waals surface area contributed by atoms with E-state index in [4.69, 9.17) is 0 Å². The number of carbonyl (C=O) groups excluding carboxylic acids is 1. The van der Waals surface area contributed by atoms with Crippen LogP contribution < -0.4 is 0 Å². The van der Waals surface area contributed by atoms with Gasteiger partial charge >= 0.3 is 0 Å². The van der Waals surface area contributed by atoms with Gasteiger partial charge in [0, 0.05) is 6.54 Å². The van der Waals surface area contributed by atoms with Crippen LogP contribution in [0.15, 0.2) is 18.2 Å². The quantitative estimate of drug-likeness (QED) is 0.885. The normalized spacial score (nSPS) is 19.3. The molecule has 1 fully saturated rings. The zero-order valence-corrected chi connectivity index (χ0v) is 11.1. The van der Waals surface area contributed by atoms with Crippen LogP contribution in [0.2, 0.25) is 0 Å². The lowest BCUT2D eigenvalue weighted by Crippen LogP contribution is -2.38. The lowest BCUT2D eigenvalue weighted by atomic mass is 10.0. The van der Waals surface area contributed by atoms with E-state index in [-0.39, 0.29) is 18.6 Å². The lowest BCUT2D eigenvalue weighted by molar-refractivity contribution is -0.131. The Balaban J connectivity index is 2.04. The summed E-state index contributed by atoms with van der Waals surface area (Å²) in [4.78, 5) is 14.0. The number of likely N-dealkylation sites (tertiary alicyclic amines) is 1. The van der Waals surface area contributed by atoms with Crippen molar-refractivity contribution >= 4 is 5.91 Å². The number of amides is 1. The van der Waals surface area contributed by atoms with Gasteiger partial charge in [0.25, 0.3) is 0 Å². The molecule has 1 N–H and O–H groups in total. The van der Waals surface area contributed by atoms with Crippen molar-refractivity contribution in [1.29, 1.82) is 0 Å². The first kappa shape index (κ1) is 13.1. The second-order valence-electron chi connectivity index (χ2n) is 5.16. The smallest absolute Gasteiger partial charge is 0.227 e. The number of hydrogen-bond donors (Lipinski definition) is 1. The second-order valence-corrected chi connectivity index (χ2v) is 5.16. The van der Waals surface area contributed by atoms with Gasteiger partial charge in [-0.3, -0.25) is 4.79 Å². The Labute approximate surface area is 108 Å². The number of carbonyl (C=O) groups is 1. The molecule has 0 spiro atoms. The van der Waals surface area contributed by atoms with Crippen molar-refractivity contribution in [3.8, 4) is 0 Å². The first-order chi connectivity index (χ1) is 8.61. The maximum Gasteiger partial charge on any atom is 0.227 e. The fraction of sp³-hybridized carbons (Fsp3) is 0.533. The molecule has 3 nitrogen and oxygen atoms in total. The van der Waals surface area contributed by atoms with Gasteiger partial charge in [0.2, 0.25) is 5.91 Å². The van der Waals surface area contributed by atoms with Crippen LogP contribution >= 0.6 is 0 Å². The summed E-state index contributed by atoms with van der Waals surface area (Å²) < 4.78 is 0. The summed E-state index contributed by atoms with van der Waals surface area (Å²) in [6, 6.07) is 6.19. The largest absolute Gasteiger partial charge is 0.394 e. The Morgan fingerprint density at radius 2 is 2.17 bits per heavy atom. The summed E-state index contributed by atoms with van der Waals surface area (Å²) in [6.45, 7) is 5.01. The highest BCUT2D eigenvalue weighted by Crippen LogP contribution is 2.19. The van der Waals surface area contributed by atoms with Gasteiger partial charge in [-0.15, -0.1) is 0 Å². The summed E-state index contributed by atoms with van der Waals surface area (Å²) in [5.74, 6) is 0.134. The van der Waals surface area contributed by atoms with Crippen LogP contribution in [0.3, 0.4) is 0 Å². The maximum atomic E-state index is 12.2. The van der Waals surface area contributed by atoms with Gasteiger partial charge in [-0.05, 0) is 43.4 Å². The molecule has 1 aromatic carbocycles. The number of nitrogens with zero attached hydrogens (tertiary/aromatic N) is 1. The fourth-order valence-corrected chi connectivity index (χ4v) is 2.54. The van der Waals surface area contributed by atoms with E-state index in [1.54, 1.807) is 0 Å². The highest BCUT2D eigenvalue weighted by atomic mass is 16.3. The second kappa shape index (κ2) is 5.53. The molecule has 1 aliphatic rings. The monoisotopic (exact) mass is 247 g/mol. The first-order valence-corrected chi connectivity index (χ1v) is 6.58. The average molecular weight is 247 g/mol. The van der Waals surface area contributed by atoms with E-state index in [9.17, 15) is 9.90 Å². The molecule has 0 unspecified atom stereocenters. The van der Waals surface area contributed by atoms with Gasteiger partial charge in [-0.2, -0.15) is 0 Å². The molecule has 18 heavy (non-hydrogen) atoms. The van der Waals surface area contributed by atoms with Crippen molar-refractivity contribution in [2.45, 2.75) is 39.2 Å². The van der Waals surface area contributed by atoms with Gasteiger partial charge in [0.1, 0.15) is 0 Å². The Kier molecular flexibility index (Phi) is 4.02. The Morgan fingerprint density at radius 1 is 1.39 bits per heavy atom. The molecule has 98 valence electrons. The molecule has 1 aromatic rings. The van der Waals surface area contributed by atoms with Crippen molar-refractivity contribution in [3.63, 3.8) is 0 Å². The van der Waals surface area contributed by atoms with Crippen LogP contribution in [0.5, 0.6) is 0 Å². The summed E-state index contributed by atoms with van der Waals surface area (Å²) in [5, 5.41) is 9.24. The number of rotatable bonds is 3. The highest BCUT2D eigenvalue weighted by Gasteiger charge is 2.27. The number of hydrogen-bond acceptors (Lipinski definition) is 2. The van der Waals surface area contributed by atoms with Crippen LogP contribution in [0.25, 0.3) is 0 Å². The van der Waals surface area contributed by atoms with Crippen LogP contribution in [-0.4, -0.2) is 35.1 Å². The number of aryl methyl sites for hydroxylation is 2. The van der Waals surface area contributed by atoms with Crippen molar-refractivity contribution < 1.29 is 9.90 Å². The van der Waals surface area contributed by atoms with Crippen molar-refractivity contribution in [2.24, 2.45) is 0 Å². The predicted molar refractivity (Wildman–Crippen MR) is 71.4 cm³/mol. The minimum Gasteiger partial charge on any atom is -0.394 e. The average Bonchev–Trinajstić information content (AvgIpc) is 2.82. The first-order valence-electron chi connectivity index (χ1n) is 6.58. The van der Waals surface area contributed by atoms with E-state index in [2.05, 4.69) is 26.0 Å². The Hall–Kier alpha value is -1.35. The van der Waals surface area contributed by atoms with Crippen molar-refractivity contribution in [3.05, 3.63) is 34.9 Å². The highest BCUT2D eigenvalue weighted by molar-refractivity contribution is 5.79. The SMILES string of the molecule is Cc1ccc(CC(=O)N2CCC[C@H]2CO)cc1C. The van der Waals surface area contributed by atoms with Crippen molar-refractivity contribution in [1.82, 2.24) is 4.90 Å².